The Kier molecular flexibility index (Phi) is 5.51. The van der Waals surface area contributed by atoms with Crippen molar-refractivity contribution in [2.75, 3.05) is 18.9 Å². The molecule has 3 rings (SSSR count). The summed E-state index contributed by atoms with van der Waals surface area (Å²) < 4.78 is 45.2. The van der Waals surface area contributed by atoms with Crippen molar-refractivity contribution in [1.82, 2.24) is 15.1 Å². The van der Waals surface area contributed by atoms with Crippen LogP contribution < -0.4 is 5.32 Å². The average Bonchev–Trinajstić information content (AvgIpc) is 3.11. The lowest BCUT2D eigenvalue weighted by Gasteiger charge is -2.14. The first-order valence-corrected chi connectivity index (χ1v) is 7.93. The Morgan fingerprint density at radius 2 is 1.81 bits per heavy atom. The van der Waals surface area contributed by atoms with Crippen molar-refractivity contribution in [2.24, 2.45) is 0 Å². The van der Waals surface area contributed by atoms with Crippen molar-refractivity contribution < 1.29 is 22.4 Å². The van der Waals surface area contributed by atoms with Gasteiger partial charge in [0.15, 0.2) is 17.5 Å². The van der Waals surface area contributed by atoms with Crippen LogP contribution in [0.15, 0.2) is 46.9 Å². The fourth-order valence-corrected chi connectivity index (χ4v) is 2.36. The molecule has 0 atom stereocenters. The summed E-state index contributed by atoms with van der Waals surface area (Å²) in [6.45, 7) is 0.0228. The summed E-state index contributed by atoms with van der Waals surface area (Å²) in [5.74, 6) is -4.37. The largest absolute Gasteiger partial charge is 0.419 e. The van der Waals surface area contributed by atoms with Crippen LogP contribution in [0.2, 0.25) is 0 Å². The van der Waals surface area contributed by atoms with Gasteiger partial charge in [0.2, 0.25) is 17.7 Å². The normalized spacial score (nSPS) is 11.0. The fourth-order valence-electron chi connectivity index (χ4n) is 2.36. The van der Waals surface area contributed by atoms with E-state index in [9.17, 15) is 18.0 Å². The van der Waals surface area contributed by atoms with E-state index < -0.39 is 29.0 Å². The summed E-state index contributed by atoms with van der Waals surface area (Å²) in [6, 6.07) is 10.9. The fraction of sp³-hybridized carbons (Fsp3) is 0.167. The SMILES string of the molecule is CN(CC(=O)Nc1ccc(F)c(F)c1F)Cc1nnc(-c2ccccc2)o1. The van der Waals surface area contributed by atoms with Crippen LogP contribution in [0.4, 0.5) is 18.9 Å². The summed E-state index contributed by atoms with van der Waals surface area (Å²) in [5, 5.41) is 10.1. The lowest BCUT2D eigenvalue weighted by atomic mass is 10.2. The van der Waals surface area contributed by atoms with E-state index in [0.717, 1.165) is 17.7 Å². The molecule has 0 spiro atoms. The molecule has 0 aliphatic carbocycles. The number of anilines is 1. The maximum atomic E-state index is 13.6. The molecule has 0 unspecified atom stereocenters. The van der Waals surface area contributed by atoms with Crippen molar-refractivity contribution in [3.63, 3.8) is 0 Å². The third-order valence-electron chi connectivity index (χ3n) is 3.62. The Morgan fingerprint density at radius 3 is 2.56 bits per heavy atom. The van der Waals surface area contributed by atoms with Crippen LogP contribution in [0.3, 0.4) is 0 Å². The van der Waals surface area contributed by atoms with E-state index in [1.54, 1.807) is 11.9 Å². The van der Waals surface area contributed by atoms with E-state index in [2.05, 4.69) is 15.5 Å². The van der Waals surface area contributed by atoms with Gasteiger partial charge in [-0.1, -0.05) is 18.2 Å². The predicted octanol–water partition coefficient (Wildman–Crippen LogP) is 3.22. The molecule has 2 aromatic carbocycles. The van der Waals surface area contributed by atoms with Crippen LogP contribution in [0.25, 0.3) is 11.5 Å². The van der Waals surface area contributed by atoms with Gasteiger partial charge < -0.3 is 9.73 Å². The number of nitrogens with zero attached hydrogens (tertiary/aromatic N) is 3. The summed E-state index contributed by atoms with van der Waals surface area (Å²) in [4.78, 5) is 13.5. The highest BCUT2D eigenvalue weighted by Gasteiger charge is 2.17. The van der Waals surface area contributed by atoms with Crippen molar-refractivity contribution in [2.45, 2.75) is 6.54 Å². The Balaban J connectivity index is 1.58. The van der Waals surface area contributed by atoms with Gasteiger partial charge in [-0.3, -0.25) is 9.69 Å². The molecular weight excluding hydrogens is 361 g/mol. The minimum atomic E-state index is -1.64. The average molecular weight is 376 g/mol. The maximum absolute atomic E-state index is 13.6. The number of nitrogens with one attached hydrogen (secondary N) is 1. The summed E-state index contributed by atoms with van der Waals surface area (Å²) in [7, 11) is 1.62. The summed E-state index contributed by atoms with van der Waals surface area (Å²) >= 11 is 0. The van der Waals surface area contributed by atoms with E-state index in [1.807, 2.05) is 30.3 Å². The van der Waals surface area contributed by atoms with Gasteiger partial charge in [0, 0.05) is 5.56 Å². The molecule has 9 heteroatoms. The number of hydrogen-bond acceptors (Lipinski definition) is 5. The van der Waals surface area contributed by atoms with Gasteiger partial charge in [-0.05, 0) is 31.3 Å². The Bertz CT molecular complexity index is 947. The lowest BCUT2D eigenvalue weighted by Crippen LogP contribution is -2.30. The number of benzene rings is 2. The number of carbonyl (C=O) groups is 1. The number of hydrogen-bond donors (Lipinski definition) is 1. The molecule has 0 bridgehead atoms. The number of aromatic nitrogens is 2. The maximum Gasteiger partial charge on any atom is 0.247 e. The van der Waals surface area contributed by atoms with Gasteiger partial charge in [0.1, 0.15) is 0 Å². The van der Waals surface area contributed by atoms with Crippen LogP contribution in [0.1, 0.15) is 5.89 Å². The number of amides is 1. The van der Waals surface area contributed by atoms with E-state index >= 15 is 0 Å². The van der Waals surface area contributed by atoms with Crippen LogP contribution in [0.5, 0.6) is 0 Å². The van der Waals surface area contributed by atoms with Crippen LogP contribution in [-0.4, -0.2) is 34.6 Å². The lowest BCUT2D eigenvalue weighted by molar-refractivity contribution is -0.117. The number of rotatable bonds is 6. The van der Waals surface area contributed by atoms with E-state index in [0.29, 0.717) is 11.8 Å². The first kappa shape index (κ1) is 18.6. The second kappa shape index (κ2) is 8.00. The quantitative estimate of drug-likeness (QED) is 0.669. The smallest absolute Gasteiger partial charge is 0.247 e. The van der Waals surface area contributed by atoms with Crippen molar-refractivity contribution in [3.8, 4) is 11.5 Å². The molecule has 3 aromatic rings. The van der Waals surface area contributed by atoms with Gasteiger partial charge in [0.05, 0.1) is 18.8 Å². The molecule has 0 saturated heterocycles. The van der Waals surface area contributed by atoms with Gasteiger partial charge in [-0.25, -0.2) is 13.2 Å². The second-order valence-corrected chi connectivity index (χ2v) is 5.81. The minimum absolute atomic E-state index is 0.151. The zero-order valence-corrected chi connectivity index (χ0v) is 14.2. The zero-order chi connectivity index (χ0) is 19.4. The Morgan fingerprint density at radius 1 is 1.07 bits per heavy atom. The third kappa shape index (κ3) is 4.50. The molecule has 6 nitrogen and oxygen atoms in total. The summed E-state index contributed by atoms with van der Waals surface area (Å²) in [6.07, 6.45) is 0. The van der Waals surface area contributed by atoms with E-state index in [-0.39, 0.29) is 13.1 Å². The number of carbonyl (C=O) groups excluding carboxylic acids is 1. The predicted molar refractivity (Wildman–Crippen MR) is 91.0 cm³/mol. The first-order chi connectivity index (χ1) is 12.9. The third-order valence-corrected chi connectivity index (χ3v) is 3.62. The number of likely N-dealkylation sites (N-methyl/N-ethyl adjacent to an activating group) is 1. The molecule has 1 aromatic heterocycles. The second-order valence-electron chi connectivity index (χ2n) is 5.81. The number of halogens is 3. The van der Waals surface area contributed by atoms with Crippen LogP contribution in [-0.2, 0) is 11.3 Å². The van der Waals surface area contributed by atoms with E-state index in [4.69, 9.17) is 4.42 Å². The van der Waals surface area contributed by atoms with Gasteiger partial charge in [0.25, 0.3) is 0 Å². The Labute approximate surface area is 152 Å². The monoisotopic (exact) mass is 376 g/mol. The van der Waals surface area contributed by atoms with Crippen molar-refractivity contribution in [1.29, 1.82) is 0 Å². The van der Waals surface area contributed by atoms with Gasteiger partial charge in [-0.15, -0.1) is 10.2 Å². The highest BCUT2D eigenvalue weighted by molar-refractivity contribution is 5.92. The minimum Gasteiger partial charge on any atom is -0.419 e. The van der Waals surface area contributed by atoms with Gasteiger partial charge in [-0.2, -0.15) is 0 Å². The Hall–Kier alpha value is -3.20. The van der Waals surface area contributed by atoms with Crippen LogP contribution >= 0.6 is 0 Å². The molecule has 0 radical (unpaired) electrons. The highest BCUT2D eigenvalue weighted by atomic mass is 19.2. The molecule has 1 amide bonds. The zero-order valence-electron chi connectivity index (χ0n) is 14.2. The molecule has 0 aliphatic rings. The molecular formula is C18H15F3N4O2. The molecule has 0 aliphatic heterocycles. The van der Waals surface area contributed by atoms with Crippen molar-refractivity contribution in [3.05, 3.63) is 65.8 Å². The van der Waals surface area contributed by atoms with Crippen LogP contribution in [0, 0.1) is 17.5 Å². The molecule has 140 valence electrons. The summed E-state index contributed by atoms with van der Waals surface area (Å²) in [5.41, 5.74) is 0.335. The highest BCUT2D eigenvalue weighted by Crippen LogP contribution is 2.20. The molecule has 0 saturated carbocycles. The molecule has 1 N–H and O–H groups in total. The molecule has 27 heavy (non-hydrogen) atoms. The van der Waals surface area contributed by atoms with Crippen molar-refractivity contribution >= 4 is 11.6 Å². The molecule has 1 heterocycles. The standard InChI is InChI=1S/C18H15F3N4O2/c1-25(9-14(26)22-13-8-7-12(19)16(20)17(13)21)10-15-23-24-18(27-15)11-5-3-2-4-6-11/h2-8H,9-10H2,1H3,(H,22,26). The topological polar surface area (TPSA) is 71.3 Å². The van der Waals surface area contributed by atoms with Gasteiger partial charge >= 0.3 is 0 Å². The first-order valence-electron chi connectivity index (χ1n) is 7.93. The molecule has 0 fully saturated rings. The van der Waals surface area contributed by atoms with E-state index in [1.165, 1.54) is 0 Å².